The molecule has 0 atom stereocenters. The van der Waals surface area contributed by atoms with Crippen molar-refractivity contribution in [1.82, 2.24) is 0 Å². The smallest absolute Gasteiger partial charge is 0.136 e. The zero-order chi connectivity index (χ0) is 18.6. The van der Waals surface area contributed by atoms with Gasteiger partial charge in [0.1, 0.15) is 11.4 Å². The topological polar surface area (TPSA) is 9.23 Å². The second kappa shape index (κ2) is 6.22. The zero-order valence-corrected chi connectivity index (χ0v) is 16.6. The van der Waals surface area contributed by atoms with Crippen molar-refractivity contribution in [3.63, 3.8) is 0 Å². The van der Waals surface area contributed by atoms with Crippen LogP contribution in [-0.4, -0.2) is 5.60 Å². The number of benzene rings is 2. The molecule has 0 saturated heterocycles. The number of hydrogen-bond donors (Lipinski definition) is 0. The highest BCUT2D eigenvalue weighted by molar-refractivity contribution is 7.08. The van der Waals surface area contributed by atoms with Gasteiger partial charge in [0.05, 0.1) is 0 Å². The molecule has 3 aromatic rings. The molecule has 0 unspecified atom stereocenters. The van der Waals surface area contributed by atoms with Crippen LogP contribution in [0.5, 0.6) is 0 Å². The first kappa shape index (κ1) is 16.4. The molecule has 28 heavy (non-hydrogen) atoms. The lowest BCUT2D eigenvalue weighted by molar-refractivity contribution is 0.0543. The molecule has 2 heteroatoms. The second-order valence-corrected chi connectivity index (χ2v) is 8.81. The largest absolute Gasteiger partial charge is 0.481 e. The number of hydrogen-bond acceptors (Lipinski definition) is 2. The van der Waals surface area contributed by atoms with E-state index >= 15 is 0 Å². The van der Waals surface area contributed by atoms with Crippen molar-refractivity contribution in [2.45, 2.75) is 37.7 Å². The van der Waals surface area contributed by atoms with E-state index in [1.165, 1.54) is 58.2 Å². The maximum atomic E-state index is 6.95. The molecule has 1 aromatic heterocycles. The Bertz CT molecular complexity index is 1100. The molecule has 138 valence electrons. The number of fused-ring (bicyclic) bond motifs is 4. The van der Waals surface area contributed by atoms with E-state index < -0.39 is 0 Å². The fraction of sp³-hybridized carbons (Fsp3) is 0.231. The summed E-state index contributed by atoms with van der Waals surface area (Å²) in [6.07, 6.45) is 6.03. The van der Waals surface area contributed by atoms with Crippen LogP contribution in [0.1, 0.15) is 54.4 Å². The van der Waals surface area contributed by atoms with Gasteiger partial charge in [-0.2, -0.15) is 11.3 Å². The predicted octanol–water partition coefficient (Wildman–Crippen LogP) is 7.17. The van der Waals surface area contributed by atoms with Gasteiger partial charge < -0.3 is 4.74 Å². The first-order valence-corrected chi connectivity index (χ1v) is 11.2. The summed E-state index contributed by atoms with van der Waals surface area (Å²) in [5, 5.41) is 4.48. The van der Waals surface area contributed by atoms with Crippen molar-refractivity contribution in [3.05, 3.63) is 99.3 Å². The van der Waals surface area contributed by atoms with E-state index in [2.05, 4.69) is 71.4 Å². The summed E-state index contributed by atoms with van der Waals surface area (Å²) in [5.41, 5.74) is 9.25. The lowest BCUT2D eigenvalue weighted by Crippen LogP contribution is -2.33. The first-order valence-electron chi connectivity index (χ1n) is 10.2. The average molecular weight is 383 g/mol. The molecule has 1 spiro atoms. The fourth-order valence-electron chi connectivity index (χ4n) is 5.28. The Labute approximate surface area is 170 Å². The van der Waals surface area contributed by atoms with Gasteiger partial charge in [-0.1, -0.05) is 61.0 Å². The lowest BCUT2D eigenvalue weighted by atomic mass is 9.76. The molecule has 0 amide bonds. The minimum Gasteiger partial charge on any atom is -0.481 e. The maximum Gasteiger partial charge on any atom is 0.136 e. The van der Waals surface area contributed by atoms with Crippen LogP contribution in [0.25, 0.3) is 16.9 Å². The molecule has 6 rings (SSSR count). The SMILES string of the molecule is c1ccc(C2=C3C(=C(c4ccsc4)c4ccccc43)C3(CCCCC3)O2)cc1. The van der Waals surface area contributed by atoms with Gasteiger partial charge in [0.15, 0.2) is 0 Å². The van der Waals surface area contributed by atoms with E-state index in [4.69, 9.17) is 4.74 Å². The molecule has 2 aromatic carbocycles. The molecular formula is C26H22OS. The highest BCUT2D eigenvalue weighted by atomic mass is 32.1. The van der Waals surface area contributed by atoms with E-state index in [1.54, 1.807) is 11.3 Å². The van der Waals surface area contributed by atoms with Crippen LogP contribution in [-0.2, 0) is 4.74 Å². The highest BCUT2D eigenvalue weighted by Gasteiger charge is 2.51. The normalized spacial score (nSPS) is 19.7. The van der Waals surface area contributed by atoms with Crippen molar-refractivity contribution >= 4 is 28.2 Å². The highest BCUT2D eigenvalue weighted by Crippen LogP contribution is 2.61. The van der Waals surface area contributed by atoms with Gasteiger partial charge in [0, 0.05) is 16.7 Å². The van der Waals surface area contributed by atoms with Crippen LogP contribution in [0.3, 0.4) is 0 Å². The molecule has 0 radical (unpaired) electrons. The summed E-state index contributed by atoms with van der Waals surface area (Å²) >= 11 is 1.78. The van der Waals surface area contributed by atoms with Crippen LogP contribution < -0.4 is 0 Å². The van der Waals surface area contributed by atoms with Gasteiger partial charge >= 0.3 is 0 Å². The number of rotatable bonds is 2. The third kappa shape index (κ3) is 2.24. The van der Waals surface area contributed by atoms with Crippen molar-refractivity contribution in [3.8, 4) is 0 Å². The van der Waals surface area contributed by atoms with E-state index in [-0.39, 0.29) is 5.60 Å². The van der Waals surface area contributed by atoms with E-state index in [1.807, 2.05) is 0 Å². The Morgan fingerprint density at radius 3 is 2.14 bits per heavy atom. The Kier molecular flexibility index (Phi) is 3.64. The zero-order valence-electron chi connectivity index (χ0n) is 15.8. The molecule has 1 nitrogen and oxygen atoms in total. The molecule has 1 aliphatic heterocycles. The minimum atomic E-state index is -0.172. The summed E-state index contributed by atoms with van der Waals surface area (Å²) in [7, 11) is 0. The molecular weight excluding hydrogens is 360 g/mol. The standard InChI is InChI=1S/C26H22OS/c1-3-9-18(10-4-1)25-23-21-12-6-5-11-20(21)22(19-13-16-28-17-19)24(23)26(27-25)14-7-2-8-15-26/h1,3-6,9-13,16-17H,2,7-8,14-15H2. The molecule has 0 N–H and O–H groups in total. The lowest BCUT2D eigenvalue weighted by Gasteiger charge is -2.35. The fourth-order valence-corrected chi connectivity index (χ4v) is 5.92. The Balaban J connectivity index is 1.69. The predicted molar refractivity (Wildman–Crippen MR) is 117 cm³/mol. The molecule has 1 saturated carbocycles. The average Bonchev–Trinajstić information content (AvgIpc) is 3.46. The van der Waals surface area contributed by atoms with Gasteiger partial charge in [-0.05, 0) is 64.8 Å². The second-order valence-electron chi connectivity index (χ2n) is 8.03. The molecule has 1 fully saturated rings. The van der Waals surface area contributed by atoms with Crippen molar-refractivity contribution in [1.29, 1.82) is 0 Å². The first-order chi connectivity index (χ1) is 13.9. The summed E-state index contributed by atoms with van der Waals surface area (Å²) in [6.45, 7) is 0. The Morgan fingerprint density at radius 1 is 0.714 bits per heavy atom. The number of thiophene rings is 1. The van der Waals surface area contributed by atoms with Gasteiger partial charge in [-0.3, -0.25) is 0 Å². The van der Waals surface area contributed by atoms with E-state index in [0.29, 0.717) is 0 Å². The summed E-state index contributed by atoms with van der Waals surface area (Å²) in [5.74, 6) is 1.08. The third-order valence-corrected chi connectivity index (χ3v) is 7.14. The summed E-state index contributed by atoms with van der Waals surface area (Å²) in [4.78, 5) is 0. The third-order valence-electron chi connectivity index (χ3n) is 6.45. The van der Waals surface area contributed by atoms with Crippen LogP contribution >= 0.6 is 11.3 Å². The van der Waals surface area contributed by atoms with Gasteiger partial charge in [-0.15, -0.1) is 0 Å². The Morgan fingerprint density at radius 2 is 1.43 bits per heavy atom. The minimum absolute atomic E-state index is 0.172. The van der Waals surface area contributed by atoms with Crippen LogP contribution in [0, 0.1) is 0 Å². The summed E-state index contributed by atoms with van der Waals surface area (Å²) in [6, 6.07) is 21.8. The van der Waals surface area contributed by atoms with Gasteiger partial charge in [0.2, 0.25) is 0 Å². The van der Waals surface area contributed by atoms with E-state index in [0.717, 1.165) is 18.6 Å². The van der Waals surface area contributed by atoms with Crippen molar-refractivity contribution in [2.75, 3.05) is 0 Å². The van der Waals surface area contributed by atoms with Crippen LogP contribution in [0.4, 0.5) is 0 Å². The number of ether oxygens (including phenoxy) is 1. The maximum absolute atomic E-state index is 6.95. The van der Waals surface area contributed by atoms with Crippen molar-refractivity contribution in [2.24, 2.45) is 0 Å². The van der Waals surface area contributed by atoms with Crippen LogP contribution in [0.15, 0.2) is 77.0 Å². The Hall–Kier alpha value is -2.58. The molecule has 0 bridgehead atoms. The molecule has 2 aliphatic carbocycles. The molecule has 3 aliphatic rings. The van der Waals surface area contributed by atoms with Gasteiger partial charge in [-0.25, -0.2) is 0 Å². The summed E-state index contributed by atoms with van der Waals surface area (Å²) < 4.78 is 6.95. The van der Waals surface area contributed by atoms with Crippen LogP contribution in [0.2, 0.25) is 0 Å². The van der Waals surface area contributed by atoms with Crippen molar-refractivity contribution < 1.29 is 4.74 Å². The van der Waals surface area contributed by atoms with Gasteiger partial charge in [0.25, 0.3) is 0 Å². The monoisotopic (exact) mass is 382 g/mol. The van der Waals surface area contributed by atoms with E-state index in [9.17, 15) is 0 Å². The quantitative estimate of drug-likeness (QED) is 0.457. The molecule has 2 heterocycles.